The van der Waals surface area contributed by atoms with Crippen molar-refractivity contribution in [1.29, 1.82) is 0 Å². The molecule has 0 aliphatic heterocycles. The minimum Gasteiger partial charge on any atom is -0.417 e. The molecule has 0 bridgehead atoms. The van der Waals surface area contributed by atoms with E-state index >= 15 is 0 Å². The first kappa shape index (κ1) is 10.9. The molecule has 0 aliphatic carbocycles. The molecule has 0 saturated carbocycles. The maximum Gasteiger partial charge on any atom is 0.388 e. The highest BCUT2D eigenvalue weighted by Gasteiger charge is 2.21. The minimum absolute atomic E-state index is 0.00926. The molecule has 0 amide bonds. The maximum absolute atomic E-state index is 12.0. The fourth-order valence-corrected chi connectivity index (χ4v) is 1.14. The van der Waals surface area contributed by atoms with E-state index in [-0.39, 0.29) is 11.3 Å². The van der Waals surface area contributed by atoms with Gasteiger partial charge in [-0.15, -0.1) is 0 Å². The van der Waals surface area contributed by atoms with Gasteiger partial charge in [0.25, 0.3) is 0 Å². The lowest BCUT2D eigenvalue weighted by Gasteiger charge is -2.21. The van der Waals surface area contributed by atoms with Crippen LogP contribution < -0.4 is 4.74 Å². The summed E-state index contributed by atoms with van der Waals surface area (Å²) in [6.45, 7) is 2.93. The standard InChI is InChI=1S/C10H13F2NO/c1-10(2,3)7-5-4-6-13-8(7)14-9(11)12/h4-6,9H,1-3H3. The van der Waals surface area contributed by atoms with Crippen molar-refractivity contribution in [2.45, 2.75) is 32.8 Å². The predicted octanol–water partition coefficient (Wildman–Crippen LogP) is 2.98. The van der Waals surface area contributed by atoms with Crippen LogP contribution in [0.3, 0.4) is 0 Å². The molecule has 2 nitrogen and oxygen atoms in total. The normalized spacial score (nSPS) is 11.9. The van der Waals surface area contributed by atoms with E-state index in [2.05, 4.69) is 9.72 Å². The van der Waals surface area contributed by atoms with Crippen LogP contribution in [0.1, 0.15) is 26.3 Å². The molecule has 1 heterocycles. The fourth-order valence-electron chi connectivity index (χ4n) is 1.14. The summed E-state index contributed by atoms with van der Waals surface area (Å²) in [6.07, 6.45) is 1.44. The summed E-state index contributed by atoms with van der Waals surface area (Å²) in [7, 11) is 0. The number of rotatable bonds is 2. The van der Waals surface area contributed by atoms with Crippen molar-refractivity contribution in [3.63, 3.8) is 0 Å². The number of hydrogen-bond donors (Lipinski definition) is 0. The van der Waals surface area contributed by atoms with Gasteiger partial charge < -0.3 is 4.74 Å². The van der Waals surface area contributed by atoms with Gasteiger partial charge in [0.2, 0.25) is 5.88 Å². The zero-order valence-electron chi connectivity index (χ0n) is 8.42. The second kappa shape index (κ2) is 3.90. The number of hydrogen-bond acceptors (Lipinski definition) is 2. The molecule has 0 aromatic carbocycles. The fraction of sp³-hybridized carbons (Fsp3) is 0.500. The summed E-state index contributed by atoms with van der Waals surface area (Å²) in [5.41, 5.74) is 0.429. The van der Waals surface area contributed by atoms with Crippen molar-refractivity contribution in [3.05, 3.63) is 23.9 Å². The van der Waals surface area contributed by atoms with Gasteiger partial charge in [0.1, 0.15) is 0 Å². The molecule has 0 atom stereocenters. The van der Waals surface area contributed by atoms with E-state index in [0.717, 1.165) is 0 Å². The lowest BCUT2D eigenvalue weighted by molar-refractivity contribution is -0.0539. The highest BCUT2D eigenvalue weighted by molar-refractivity contribution is 5.31. The monoisotopic (exact) mass is 201 g/mol. The Morgan fingerprint density at radius 3 is 2.50 bits per heavy atom. The van der Waals surface area contributed by atoms with Gasteiger partial charge >= 0.3 is 6.61 Å². The molecule has 0 spiro atoms. The molecule has 0 radical (unpaired) electrons. The predicted molar refractivity (Wildman–Crippen MR) is 49.6 cm³/mol. The molecule has 1 aromatic rings. The molecule has 14 heavy (non-hydrogen) atoms. The average Bonchev–Trinajstić information content (AvgIpc) is 2.01. The molecule has 4 heteroatoms. The summed E-state index contributed by atoms with van der Waals surface area (Å²) in [4.78, 5) is 3.78. The van der Waals surface area contributed by atoms with Crippen molar-refractivity contribution < 1.29 is 13.5 Å². The van der Waals surface area contributed by atoms with Gasteiger partial charge in [-0.25, -0.2) is 4.98 Å². The van der Waals surface area contributed by atoms with E-state index in [1.165, 1.54) is 6.20 Å². The molecule has 0 saturated heterocycles. The summed E-state index contributed by atoms with van der Waals surface area (Å²) in [5.74, 6) is 0.00926. The van der Waals surface area contributed by atoms with Crippen molar-refractivity contribution in [2.75, 3.05) is 0 Å². The second-order valence-electron chi connectivity index (χ2n) is 3.98. The van der Waals surface area contributed by atoms with Crippen LogP contribution >= 0.6 is 0 Å². The van der Waals surface area contributed by atoms with E-state index < -0.39 is 6.61 Å². The smallest absolute Gasteiger partial charge is 0.388 e. The number of halogens is 2. The highest BCUT2D eigenvalue weighted by atomic mass is 19.3. The quantitative estimate of drug-likeness (QED) is 0.733. The molecule has 0 unspecified atom stereocenters. The van der Waals surface area contributed by atoms with E-state index in [0.29, 0.717) is 5.56 Å². The summed E-state index contributed by atoms with van der Waals surface area (Å²) < 4.78 is 28.4. The molecular weight excluding hydrogens is 188 g/mol. The average molecular weight is 201 g/mol. The molecular formula is C10H13F2NO. The second-order valence-corrected chi connectivity index (χ2v) is 3.98. The molecule has 1 rings (SSSR count). The zero-order valence-corrected chi connectivity index (χ0v) is 8.42. The molecule has 1 aromatic heterocycles. The first-order valence-electron chi connectivity index (χ1n) is 4.31. The summed E-state index contributed by atoms with van der Waals surface area (Å²) >= 11 is 0. The van der Waals surface area contributed by atoms with Crippen LogP contribution in [0.5, 0.6) is 5.88 Å². The Bertz CT molecular complexity index is 307. The van der Waals surface area contributed by atoms with Gasteiger partial charge in [0, 0.05) is 11.8 Å². The van der Waals surface area contributed by atoms with Crippen LogP contribution in [0.2, 0.25) is 0 Å². The van der Waals surface area contributed by atoms with Crippen molar-refractivity contribution in [2.24, 2.45) is 0 Å². The lowest BCUT2D eigenvalue weighted by atomic mass is 9.88. The molecule has 78 valence electrons. The van der Waals surface area contributed by atoms with Crippen LogP contribution in [0.25, 0.3) is 0 Å². The van der Waals surface area contributed by atoms with Crippen LogP contribution in [-0.4, -0.2) is 11.6 Å². The Balaban J connectivity index is 3.04. The van der Waals surface area contributed by atoms with Gasteiger partial charge in [0.05, 0.1) is 0 Å². The minimum atomic E-state index is -2.83. The highest BCUT2D eigenvalue weighted by Crippen LogP contribution is 2.29. The van der Waals surface area contributed by atoms with Crippen LogP contribution in [0.15, 0.2) is 18.3 Å². The Kier molecular flexibility index (Phi) is 3.03. The Labute approximate surface area is 81.9 Å². The van der Waals surface area contributed by atoms with E-state index in [9.17, 15) is 8.78 Å². The van der Waals surface area contributed by atoms with Gasteiger partial charge in [0.15, 0.2) is 0 Å². The SMILES string of the molecule is CC(C)(C)c1cccnc1OC(F)F. The molecule has 0 N–H and O–H groups in total. The first-order chi connectivity index (χ1) is 6.41. The third-order valence-corrected chi connectivity index (χ3v) is 1.78. The van der Waals surface area contributed by atoms with Crippen molar-refractivity contribution >= 4 is 0 Å². The first-order valence-corrected chi connectivity index (χ1v) is 4.31. The number of aromatic nitrogens is 1. The molecule has 0 fully saturated rings. The third kappa shape index (κ3) is 2.65. The molecule has 0 aliphatic rings. The van der Waals surface area contributed by atoms with Crippen molar-refractivity contribution in [1.82, 2.24) is 4.98 Å². The summed E-state index contributed by atoms with van der Waals surface area (Å²) in [5, 5.41) is 0. The maximum atomic E-state index is 12.0. The van der Waals surface area contributed by atoms with Gasteiger partial charge in [-0.05, 0) is 11.5 Å². The van der Waals surface area contributed by atoms with Crippen LogP contribution in [-0.2, 0) is 5.41 Å². The van der Waals surface area contributed by atoms with Crippen molar-refractivity contribution in [3.8, 4) is 5.88 Å². The number of alkyl halides is 2. The lowest BCUT2D eigenvalue weighted by Crippen LogP contribution is -2.15. The number of pyridine rings is 1. The number of nitrogens with zero attached hydrogens (tertiary/aromatic N) is 1. The van der Waals surface area contributed by atoms with Gasteiger partial charge in [-0.1, -0.05) is 26.8 Å². The van der Waals surface area contributed by atoms with E-state index in [4.69, 9.17) is 0 Å². The van der Waals surface area contributed by atoms with Crippen LogP contribution in [0, 0.1) is 0 Å². The Morgan fingerprint density at radius 1 is 1.36 bits per heavy atom. The van der Waals surface area contributed by atoms with Crippen LogP contribution in [0.4, 0.5) is 8.78 Å². The Morgan fingerprint density at radius 2 is 2.00 bits per heavy atom. The van der Waals surface area contributed by atoms with E-state index in [1.54, 1.807) is 12.1 Å². The summed E-state index contributed by atoms with van der Waals surface area (Å²) in [6, 6.07) is 3.45. The largest absolute Gasteiger partial charge is 0.417 e. The van der Waals surface area contributed by atoms with Gasteiger partial charge in [-0.2, -0.15) is 8.78 Å². The van der Waals surface area contributed by atoms with E-state index in [1.807, 2.05) is 20.8 Å². The third-order valence-electron chi connectivity index (χ3n) is 1.78. The number of ether oxygens (including phenoxy) is 1. The topological polar surface area (TPSA) is 22.1 Å². The Hall–Kier alpha value is -1.19. The van der Waals surface area contributed by atoms with Gasteiger partial charge in [-0.3, -0.25) is 0 Å². The zero-order chi connectivity index (χ0) is 10.8.